The van der Waals surface area contributed by atoms with Gasteiger partial charge in [0.2, 0.25) is 11.7 Å². The van der Waals surface area contributed by atoms with Gasteiger partial charge < -0.3 is 29.7 Å². The number of ether oxygens (including phenoxy) is 3. The number of anilines is 1. The topological polar surface area (TPSA) is 89.1 Å². The molecule has 0 bridgehead atoms. The summed E-state index contributed by atoms with van der Waals surface area (Å²) in [5, 5.41) is 5.69. The average molecular weight is 401 g/mol. The van der Waals surface area contributed by atoms with Gasteiger partial charge in [-0.1, -0.05) is 12.1 Å². The van der Waals surface area contributed by atoms with E-state index in [9.17, 15) is 9.59 Å². The molecule has 2 aromatic rings. The predicted octanol–water partition coefficient (Wildman–Crippen LogP) is 2.14. The lowest BCUT2D eigenvalue weighted by molar-refractivity contribution is -0.116. The van der Waals surface area contributed by atoms with Crippen LogP contribution in [0.2, 0.25) is 0 Å². The van der Waals surface area contributed by atoms with Crippen LogP contribution in [0.3, 0.4) is 0 Å². The molecule has 0 heterocycles. The van der Waals surface area contributed by atoms with E-state index in [1.807, 2.05) is 32.3 Å². The van der Waals surface area contributed by atoms with Crippen molar-refractivity contribution in [1.82, 2.24) is 10.2 Å². The van der Waals surface area contributed by atoms with Crippen LogP contribution in [0, 0.1) is 0 Å². The lowest BCUT2D eigenvalue weighted by Gasteiger charge is -2.14. The lowest BCUT2D eigenvalue weighted by Crippen LogP contribution is -2.27. The van der Waals surface area contributed by atoms with Crippen LogP contribution in [0.5, 0.6) is 17.2 Å². The van der Waals surface area contributed by atoms with E-state index < -0.39 is 0 Å². The van der Waals surface area contributed by atoms with Crippen LogP contribution in [0.4, 0.5) is 5.69 Å². The largest absolute Gasteiger partial charge is 0.493 e. The van der Waals surface area contributed by atoms with Crippen molar-refractivity contribution in [2.24, 2.45) is 0 Å². The second kappa shape index (κ2) is 10.3. The maximum atomic E-state index is 12.6. The molecule has 0 spiro atoms. The molecule has 2 rings (SSSR count). The Balaban J connectivity index is 2.07. The van der Waals surface area contributed by atoms with Crippen molar-refractivity contribution in [2.75, 3.05) is 47.3 Å². The number of likely N-dealkylation sites (N-methyl/N-ethyl adjacent to an activating group) is 1. The zero-order chi connectivity index (χ0) is 21.4. The van der Waals surface area contributed by atoms with E-state index in [1.54, 1.807) is 23.1 Å². The molecule has 0 fully saturated rings. The molecule has 0 atom stereocenters. The highest BCUT2D eigenvalue weighted by Gasteiger charge is 2.17. The van der Waals surface area contributed by atoms with Crippen LogP contribution in [0.25, 0.3) is 0 Å². The van der Waals surface area contributed by atoms with E-state index in [0.717, 1.165) is 5.56 Å². The van der Waals surface area contributed by atoms with E-state index >= 15 is 0 Å². The summed E-state index contributed by atoms with van der Waals surface area (Å²) in [5.74, 6) is 0.845. The summed E-state index contributed by atoms with van der Waals surface area (Å²) in [5.41, 5.74) is 1.92. The number of carbonyl (C=O) groups excluding carboxylic acids is 2. The third kappa shape index (κ3) is 6.11. The molecule has 8 heteroatoms. The molecule has 156 valence electrons. The second-order valence-corrected chi connectivity index (χ2v) is 6.58. The Hall–Kier alpha value is -3.26. The zero-order valence-electron chi connectivity index (χ0n) is 17.4. The summed E-state index contributed by atoms with van der Waals surface area (Å²) in [6.07, 6.45) is 0. The van der Waals surface area contributed by atoms with Gasteiger partial charge in [0.15, 0.2) is 11.5 Å². The number of nitrogens with one attached hydrogen (secondary N) is 2. The minimum absolute atomic E-state index is 0.103. The molecule has 2 amide bonds. The Kier molecular flexibility index (Phi) is 7.85. The van der Waals surface area contributed by atoms with Crippen LogP contribution in [-0.2, 0) is 11.3 Å². The van der Waals surface area contributed by atoms with Gasteiger partial charge in [0.05, 0.1) is 27.9 Å². The Bertz CT molecular complexity index is 842. The van der Waals surface area contributed by atoms with Gasteiger partial charge in [-0.2, -0.15) is 0 Å². The highest BCUT2D eigenvalue weighted by molar-refractivity contribution is 5.95. The van der Waals surface area contributed by atoms with Crippen molar-refractivity contribution in [3.05, 3.63) is 47.5 Å². The highest BCUT2D eigenvalue weighted by atomic mass is 16.5. The first-order chi connectivity index (χ1) is 13.9. The van der Waals surface area contributed by atoms with Crippen molar-refractivity contribution >= 4 is 17.5 Å². The first-order valence-electron chi connectivity index (χ1n) is 8.99. The fourth-order valence-corrected chi connectivity index (χ4v) is 2.74. The standard InChI is InChI=1S/C21H27N3O5/c1-24(2)13-19(25)23-16-8-6-7-14(9-16)12-22-21(26)15-10-17(27-3)20(29-5)18(11-15)28-4/h6-11H,12-13H2,1-5H3,(H,22,26)(H,23,25). The van der Waals surface area contributed by atoms with Crippen LogP contribution in [0.1, 0.15) is 15.9 Å². The second-order valence-electron chi connectivity index (χ2n) is 6.58. The number of nitrogens with zero attached hydrogens (tertiary/aromatic N) is 1. The van der Waals surface area contributed by atoms with Gasteiger partial charge in [-0.15, -0.1) is 0 Å². The molecule has 0 aliphatic rings. The quantitative estimate of drug-likeness (QED) is 0.669. The molecular weight excluding hydrogens is 374 g/mol. The van der Waals surface area contributed by atoms with Crippen molar-refractivity contribution in [3.8, 4) is 17.2 Å². The Morgan fingerprint density at radius 1 is 0.966 bits per heavy atom. The van der Waals surface area contributed by atoms with E-state index in [1.165, 1.54) is 21.3 Å². The molecular formula is C21H27N3O5. The van der Waals surface area contributed by atoms with E-state index in [4.69, 9.17) is 14.2 Å². The summed E-state index contributed by atoms with van der Waals surface area (Å²) in [4.78, 5) is 26.3. The molecule has 0 saturated carbocycles. The highest BCUT2D eigenvalue weighted by Crippen LogP contribution is 2.38. The maximum Gasteiger partial charge on any atom is 0.251 e. The normalized spacial score (nSPS) is 10.4. The zero-order valence-corrected chi connectivity index (χ0v) is 17.4. The molecule has 0 aliphatic heterocycles. The van der Waals surface area contributed by atoms with Crippen molar-refractivity contribution < 1.29 is 23.8 Å². The van der Waals surface area contributed by atoms with Crippen LogP contribution >= 0.6 is 0 Å². The van der Waals surface area contributed by atoms with Crippen molar-refractivity contribution in [3.63, 3.8) is 0 Å². The molecule has 0 saturated heterocycles. The van der Waals surface area contributed by atoms with Gasteiger partial charge in [-0.3, -0.25) is 9.59 Å². The number of methoxy groups -OCH3 is 3. The monoisotopic (exact) mass is 401 g/mol. The smallest absolute Gasteiger partial charge is 0.251 e. The number of hydrogen-bond donors (Lipinski definition) is 2. The lowest BCUT2D eigenvalue weighted by atomic mass is 10.1. The van der Waals surface area contributed by atoms with Gasteiger partial charge in [0.25, 0.3) is 5.91 Å². The maximum absolute atomic E-state index is 12.6. The molecule has 8 nitrogen and oxygen atoms in total. The Morgan fingerprint density at radius 3 is 2.17 bits per heavy atom. The molecule has 2 N–H and O–H groups in total. The van der Waals surface area contributed by atoms with E-state index in [2.05, 4.69) is 10.6 Å². The first-order valence-corrected chi connectivity index (χ1v) is 8.99. The predicted molar refractivity (Wildman–Crippen MR) is 111 cm³/mol. The molecule has 0 aromatic heterocycles. The van der Waals surface area contributed by atoms with Gasteiger partial charge in [0.1, 0.15) is 0 Å². The number of hydrogen-bond acceptors (Lipinski definition) is 6. The number of benzene rings is 2. The Morgan fingerprint density at radius 2 is 1.62 bits per heavy atom. The van der Waals surface area contributed by atoms with Gasteiger partial charge >= 0.3 is 0 Å². The summed E-state index contributed by atoms with van der Waals surface area (Å²) in [6.45, 7) is 0.592. The van der Waals surface area contributed by atoms with Gasteiger partial charge in [-0.05, 0) is 43.9 Å². The summed E-state index contributed by atoms with van der Waals surface area (Å²) in [7, 11) is 8.15. The fraction of sp³-hybridized carbons (Fsp3) is 0.333. The van der Waals surface area contributed by atoms with Crippen molar-refractivity contribution in [2.45, 2.75) is 6.54 Å². The fourth-order valence-electron chi connectivity index (χ4n) is 2.74. The number of carbonyl (C=O) groups is 2. The average Bonchev–Trinajstić information content (AvgIpc) is 2.70. The van der Waals surface area contributed by atoms with Gasteiger partial charge in [0, 0.05) is 17.8 Å². The van der Waals surface area contributed by atoms with Crippen LogP contribution < -0.4 is 24.8 Å². The summed E-state index contributed by atoms with van der Waals surface area (Å²) >= 11 is 0. The third-order valence-corrected chi connectivity index (χ3v) is 4.05. The van der Waals surface area contributed by atoms with Gasteiger partial charge in [-0.25, -0.2) is 0 Å². The molecule has 0 aliphatic carbocycles. The third-order valence-electron chi connectivity index (χ3n) is 4.05. The SMILES string of the molecule is COc1cc(C(=O)NCc2cccc(NC(=O)CN(C)C)c2)cc(OC)c1OC. The number of rotatable bonds is 9. The van der Waals surface area contributed by atoms with E-state index in [-0.39, 0.29) is 11.8 Å². The van der Waals surface area contributed by atoms with Crippen LogP contribution in [0.15, 0.2) is 36.4 Å². The summed E-state index contributed by atoms with van der Waals surface area (Å²) < 4.78 is 15.8. The molecule has 0 radical (unpaired) electrons. The summed E-state index contributed by atoms with van der Waals surface area (Å²) in [6, 6.07) is 10.5. The molecule has 2 aromatic carbocycles. The van der Waals surface area contributed by atoms with Crippen LogP contribution in [-0.4, -0.2) is 58.7 Å². The minimum Gasteiger partial charge on any atom is -0.493 e. The molecule has 29 heavy (non-hydrogen) atoms. The Labute approximate surface area is 170 Å². The van der Waals surface area contributed by atoms with Crippen molar-refractivity contribution in [1.29, 1.82) is 0 Å². The number of amides is 2. The van der Waals surface area contributed by atoms with E-state index in [0.29, 0.717) is 41.6 Å². The molecule has 0 unspecified atom stereocenters. The first kappa shape index (κ1) is 22.0. The minimum atomic E-state index is -0.286.